The Bertz CT molecular complexity index is 375. The van der Waals surface area contributed by atoms with Gasteiger partial charge < -0.3 is 14.6 Å². The van der Waals surface area contributed by atoms with Gasteiger partial charge in [-0.1, -0.05) is 6.07 Å². The molecule has 0 spiro atoms. The number of ether oxygens (including phenoxy) is 2. The van der Waals surface area contributed by atoms with Gasteiger partial charge in [-0.3, -0.25) is 10.1 Å². The zero-order valence-electron chi connectivity index (χ0n) is 9.04. The van der Waals surface area contributed by atoms with Crippen LogP contribution in [0.15, 0.2) is 18.2 Å². The number of aliphatic hydroxyl groups is 1. The van der Waals surface area contributed by atoms with Gasteiger partial charge in [-0.15, -0.1) is 0 Å². The summed E-state index contributed by atoms with van der Waals surface area (Å²) in [6.45, 7) is -0.374. The van der Waals surface area contributed by atoms with Crippen molar-refractivity contribution < 1.29 is 19.5 Å². The van der Waals surface area contributed by atoms with Crippen LogP contribution < -0.4 is 0 Å². The van der Waals surface area contributed by atoms with Crippen molar-refractivity contribution in [3.05, 3.63) is 39.4 Å². The molecule has 0 bridgehead atoms. The standard InChI is InChI=1S/C10H13NO5/c1-15-10(16-2)7-3-4-8(6-12)9(5-7)11(13)14/h3-5,10,12H,6H2,1-2H3. The van der Waals surface area contributed by atoms with Crippen LogP contribution in [-0.2, 0) is 16.1 Å². The largest absolute Gasteiger partial charge is 0.391 e. The first kappa shape index (κ1) is 12.6. The van der Waals surface area contributed by atoms with E-state index in [4.69, 9.17) is 14.6 Å². The molecule has 1 aromatic rings. The van der Waals surface area contributed by atoms with Gasteiger partial charge >= 0.3 is 0 Å². The van der Waals surface area contributed by atoms with E-state index in [1.165, 1.54) is 26.4 Å². The summed E-state index contributed by atoms with van der Waals surface area (Å²) in [5, 5.41) is 19.7. The Kier molecular flexibility index (Phi) is 4.36. The molecule has 0 fully saturated rings. The number of rotatable bonds is 5. The second kappa shape index (κ2) is 5.55. The minimum Gasteiger partial charge on any atom is -0.391 e. The van der Waals surface area contributed by atoms with E-state index < -0.39 is 11.2 Å². The van der Waals surface area contributed by atoms with E-state index >= 15 is 0 Å². The summed E-state index contributed by atoms with van der Waals surface area (Å²) >= 11 is 0. The van der Waals surface area contributed by atoms with Crippen LogP contribution in [0.5, 0.6) is 0 Å². The molecule has 0 saturated carbocycles. The Labute approximate surface area is 92.6 Å². The molecule has 6 heteroatoms. The van der Waals surface area contributed by atoms with Crippen LogP contribution in [0.25, 0.3) is 0 Å². The second-order valence-electron chi connectivity index (χ2n) is 3.11. The Morgan fingerprint density at radius 3 is 2.50 bits per heavy atom. The van der Waals surface area contributed by atoms with E-state index in [9.17, 15) is 10.1 Å². The van der Waals surface area contributed by atoms with E-state index in [1.54, 1.807) is 6.07 Å². The van der Waals surface area contributed by atoms with Crippen LogP contribution in [0, 0.1) is 10.1 Å². The fraction of sp³-hybridized carbons (Fsp3) is 0.400. The lowest BCUT2D eigenvalue weighted by Gasteiger charge is -2.13. The molecule has 0 unspecified atom stereocenters. The summed E-state index contributed by atoms with van der Waals surface area (Å²) in [4.78, 5) is 10.2. The van der Waals surface area contributed by atoms with Crippen LogP contribution in [0.3, 0.4) is 0 Å². The predicted molar refractivity (Wildman–Crippen MR) is 55.8 cm³/mol. The maximum atomic E-state index is 10.7. The van der Waals surface area contributed by atoms with Crippen LogP contribution in [-0.4, -0.2) is 24.2 Å². The van der Waals surface area contributed by atoms with Crippen molar-refractivity contribution in [2.24, 2.45) is 0 Å². The Balaban J connectivity index is 3.15. The molecule has 1 rings (SSSR count). The summed E-state index contributed by atoms with van der Waals surface area (Å²) < 4.78 is 9.97. The first-order chi connectivity index (χ1) is 7.63. The van der Waals surface area contributed by atoms with Crippen molar-refractivity contribution >= 4 is 5.69 Å². The third-order valence-electron chi connectivity index (χ3n) is 2.18. The molecule has 0 aromatic heterocycles. The molecule has 0 aliphatic carbocycles. The fourth-order valence-electron chi connectivity index (χ4n) is 1.40. The Hall–Kier alpha value is -1.50. The van der Waals surface area contributed by atoms with Gasteiger partial charge in [0.25, 0.3) is 5.69 Å². The lowest BCUT2D eigenvalue weighted by Crippen LogP contribution is -2.05. The summed E-state index contributed by atoms with van der Waals surface area (Å²) in [5.41, 5.74) is 0.660. The molecular formula is C10H13NO5. The SMILES string of the molecule is COC(OC)c1ccc(CO)c([N+](=O)[O-])c1. The molecule has 0 aliphatic rings. The molecular weight excluding hydrogens is 214 g/mol. The highest BCUT2D eigenvalue weighted by Crippen LogP contribution is 2.25. The topological polar surface area (TPSA) is 81.8 Å². The summed E-state index contributed by atoms with van der Waals surface area (Å²) in [5.74, 6) is 0. The van der Waals surface area contributed by atoms with Crippen LogP contribution in [0.1, 0.15) is 17.4 Å². The highest BCUT2D eigenvalue weighted by Gasteiger charge is 2.17. The van der Waals surface area contributed by atoms with E-state index in [1.807, 2.05) is 0 Å². The third-order valence-corrected chi connectivity index (χ3v) is 2.18. The summed E-state index contributed by atoms with van der Waals surface area (Å²) in [7, 11) is 2.89. The van der Waals surface area contributed by atoms with Crippen molar-refractivity contribution in [2.45, 2.75) is 12.9 Å². The van der Waals surface area contributed by atoms with Crippen molar-refractivity contribution in [3.8, 4) is 0 Å². The maximum absolute atomic E-state index is 10.7. The van der Waals surface area contributed by atoms with Crippen LogP contribution in [0.2, 0.25) is 0 Å². The van der Waals surface area contributed by atoms with Gasteiger partial charge in [0.05, 0.1) is 17.1 Å². The lowest BCUT2D eigenvalue weighted by atomic mass is 10.1. The van der Waals surface area contributed by atoms with Gasteiger partial charge in [-0.05, 0) is 6.07 Å². The van der Waals surface area contributed by atoms with Gasteiger partial charge in [0, 0.05) is 25.8 Å². The highest BCUT2D eigenvalue weighted by atomic mass is 16.7. The molecule has 16 heavy (non-hydrogen) atoms. The average Bonchev–Trinajstić information content (AvgIpc) is 2.30. The fourth-order valence-corrected chi connectivity index (χ4v) is 1.40. The Morgan fingerprint density at radius 1 is 1.44 bits per heavy atom. The van der Waals surface area contributed by atoms with Crippen molar-refractivity contribution in [1.82, 2.24) is 0 Å². The minimum absolute atomic E-state index is 0.140. The molecule has 0 radical (unpaired) electrons. The molecule has 1 N–H and O–H groups in total. The first-order valence-electron chi connectivity index (χ1n) is 4.57. The normalized spacial score (nSPS) is 10.8. The third kappa shape index (κ3) is 2.54. The number of nitro benzene ring substituents is 1. The van der Waals surface area contributed by atoms with Crippen molar-refractivity contribution in [1.29, 1.82) is 0 Å². The van der Waals surface area contributed by atoms with E-state index in [-0.39, 0.29) is 17.9 Å². The minimum atomic E-state index is -0.647. The quantitative estimate of drug-likeness (QED) is 0.466. The van der Waals surface area contributed by atoms with Gasteiger partial charge in [-0.2, -0.15) is 0 Å². The number of nitro groups is 1. The number of hydrogen-bond acceptors (Lipinski definition) is 5. The monoisotopic (exact) mass is 227 g/mol. The van der Waals surface area contributed by atoms with Crippen molar-refractivity contribution in [3.63, 3.8) is 0 Å². The van der Waals surface area contributed by atoms with Crippen LogP contribution in [0.4, 0.5) is 5.69 Å². The smallest absolute Gasteiger partial charge is 0.275 e. The van der Waals surface area contributed by atoms with Gasteiger partial charge in [0.2, 0.25) is 0 Å². The van der Waals surface area contributed by atoms with Gasteiger partial charge in [0.1, 0.15) is 0 Å². The molecule has 6 nitrogen and oxygen atoms in total. The molecule has 1 aromatic carbocycles. The number of methoxy groups -OCH3 is 2. The average molecular weight is 227 g/mol. The molecule has 0 heterocycles. The number of benzene rings is 1. The van der Waals surface area contributed by atoms with Crippen molar-refractivity contribution in [2.75, 3.05) is 14.2 Å². The van der Waals surface area contributed by atoms with E-state index in [2.05, 4.69) is 0 Å². The Morgan fingerprint density at radius 2 is 2.06 bits per heavy atom. The van der Waals surface area contributed by atoms with Gasteiger partial charge in [0.15, 0.2) is 6.29 Å². The van der Waals surface area contributed by atoms with E-state index in [0.29, 0.717) is 5.56 Å². The number of nitrogens with zero attached hydrogens (tertiary/aromatic N) is 1. The first-order valence-corrected chi connectivity index (χ1v) is 4.57. The highest BCUT2D eigenvalue weighted by molar-refractivity contribution is 5.43. The number of aliphatic hydroxyl groups excluding tert-OH is 1. The van der Waals surface area contributed by atoms with E-state index in [0.717, 1.165) is 0 Å². The maximum Gasteiger partial charge on any atom is 0.275 e. The summed E-state index contributed by atoms with van der Waals surface area (Å²) in [6.07, 6.45) is -0.647. The summed E-state index contributed by atoms with van der Waals surface area (Å²) in [6, 6.07) is 4.44. The molecule has 0 atom stereocenters. The lowest BCUT2D eigenvalue weighted by molar-refractivity contribution is -0.386. The van der Waals surface area contributed by atoms with Gasteiger partial charge in [-0.25, -0.2) is 0 Å². The molecule has 0 amide bonds. The zero-order chi connectivity index (χ0) is 12.1. The molecule has 88 valence electrons. The second-order valence-corrected chi connectivity index (χ2v) is 3.11. The molecule has 0 aliphatic heterocycles. The number of hydrogen-bond donors (Lipinski definition) is 1. The molecule has 0 saturated heterocycles. The predicted octanol–water partition coefficient (Wildman–Crippen LogP) is 1.38. The zero-order valence-corrected chi connectivity index (χ0v) is 9.04. The van der Waals surface area contributed by atoms with Crippen LogP contribution >= 0.6 is 0 Å².